The van der Waals surface area contributed by atoms with Gasteiger partial charge in [-0.3, -0.25) is 9.59 Å². The van der Waals surface area contributed by atoms with Crippen molar-refractivity contribution in [3.05, 3.63) is 26.6 Å². The molecule has 1 saturated heterocycles. The number of morpholine rings is 1. The number of thioether (sulfide) groups is 1. The zero-order valence-corrected chi connectivity index (χ0v) is 14.9. The van der Waals surface area contributed by atoms with Crippen LogP contribution in [0.5, 0.6) is 0 Å². The van der Waals surface area contributed by atoms with Crippen LogP contribution < -0.4 is 5.56 Å². The van der Waals surface area contributed by atoms with E-state index in [9.17, 15) is 9.59 Å². The van der Waals surface area contributed by atoms with E-state index in [0.717, 1.165) is 29.5 Å². The number of hydrogen-bond acceptors (Lipinski definition) is 6. The Morgan fingerprint density at radius 3 is 3.00 bits per heavy atom. The molecule has 1 amide bonds. The molecule has 128 valence electrons. The predicted octanol–water partition coefficient (Wildman–Crippen LogP) is 1.57. The number of nitrogens with one attached hydrogen (secondary N) is 1. The van der Waals surface area contributed by atoms with Crippen LogP contribution in [0.3, 0.4) is 0 Å². The van der Waals surface area contributed by atoms with Crippen molar-refractivity contribution in [1.29, 1.82) is 0 Å². The van der Waals surface area contributed by atoms with Gasteiger partial charge in [0.25, 0.3) is 5.56 Å². The highest BCUT2D eigenvalue weighted by Gasteiger charge is 2.21. The van der Waals surface area contributed by atoms with Crippen LogP contribution in [0.15, 0.2) is 4.79 Å². The van der Waals surface area contributed by atoms with Gasteiger partial charge in [-0.15, -0.1) is 23.1 Å². The Balaban J connectivity index is 1.42. The van der Waals surface area contributed by atoms with Crippen molar-refractivity contribution in [1.82, 2.24) is 14.9 Å². The van der Waals surface area contributed by atoms with Gasteiger partial charge in [-0.05, 0) is 24.8 Å². The van der Waals surface area contributed by atoms with E-state index in [2.05, 4.69) is 9.97 Å². The van der Waals surface area contributed by atoms with E-state index < -0.39 is 0 Å². The van der Waals surface area contributed by atoms with Gasteiger partial charge in [0, 0.05) is 18.0 Å². The van der Waals surface area contributed by atoms with Gasteiger partial charge in [0.15, 0.2) is 0 Å². The monoisotopic (exact) mass is 365 g/mol. The van der Waals surface area contributed by atoms with Crippen LogP contribution in [0.4, 0.5) is 0 Å². The minimum absolute atomic E-state index is 0.0329. The first-order chi connectivity index (χ1) is 11.7. The first kappa shape index (κ1) is 16.1. The number of H-pyrrole nitrogens is 1. The molecule has 0 unspecified atom stereocenters. The summed E-state index contributed by atoms with van der Waals surface area (Å²) in [5.74, 6) is 1.74. The lowest BCUT2D eigenvalue weighted by Crippen LogP contribution is -2.41. The van der Waals surface area contributed by atoms with Gasteiger partial charge < -0.3 is 14.6 Å². The van der Waals surface area contributed by atoms with Gasteiger partial charge in [-0.1, -0.05) is 0 Å². The Kier molecular flexibility index (Phi) is 4.60. The number of aromatic amines is 1. The Bertz CT molecular complexity index is 824. The molecule has 8 heteroatoms. The largest absolute Gasteiger partial charge is 0.378 e. The number of hydrogen-bond donors (Lipinski definition) is 1. The summed E-state index contributed by atoms with van der Waals surface area (Å²) in [6, 6.07) is 0. The topological polar surface area (TPSA) is 75.3 Å². The van der Waals surface area contributed by atoms with Gasteiger partial charge in [0.2, 0.25) is 5.91 Å². The molecule has 0 spiro atoms. The van der Waals surface area contributed by atoms with Crippen molar-refractivity contribution in [2.45, 2.75) is 25.0 Å². The fourth-order valence-corrected chi connectivity index (χ4v) is 5.32. The molecule has 4 rings (SSSR count). The van der Waals surface area contributed by atoms with Crippen molar-refractivity contribution in [3.63, 3.8) is 0 Å². The third-order valence-corrected chi connectivity index (χ3v) is 6.57. The second-order valence-electron chi connectivity index (χ2n) is 6.04. The zero-order valence-electron chi connectivity index (χ0n) is 13.3. The second kappa shape index (κ2) is 6.85. The van der Waals surface area contributed by atoms with Crippen LogP contribution in [0.2, 0.25) is 0 Å². The molecule has 0 atom stereocenters. The van der Waals surface area contributed by atoms with Crippen molar-refractivity contribution in [2.24, 2.45) is 0 Å². The number of aromatic nitrogens is 2. The van der Waals surface area contributed by atoms with Crippen molar-refractivity contribution >= 4 is 39.2 Å². The molecular weight excluding hydrogens is 346 g/mol. The SMILES string of the molecule is O=C(CSCc1nc2sc3c(c2c(=O)[nH]1)CCC3)N1CCOCC1. The Morgan fingerprint density at radius 2 is 2.17 bits per heavy atom. The molecule has 24 heavy (non-hydrogen) atoms. The number of nitrogens with zero attached hydrogens (tertiary/aromatic N) is 2. The van der Waals surface area contributed by atoms with Crippen molar-refractivity contribution in [2.75, 3.05) is 32.1 Å². The first-order valence-corrected chi connectivity index (χ1v) is 10.2. The van der Waals surface area contributed by atoms with Gasteiger partial charge >= 0.3 is 0 Å². The van der Waals surface area contributed by atoms with Gasteiger partial charge in [0.05, 0.1) is 30.1 Å². The number of ether oxygens (including phenoxy) is 1. The van der Waals surface area contributed by atoms with Crippen molar-refractivity contribution in [3.8, 4) is 0 Å². The van der Waals surface area contributed by atoms with Gasteiger partial charge in [-0.25, -0.2) is 4.98 Å². The molecule has 0 bridgehead atoms. The number of aryl methyl sites for hydroxylation is 2. The lowest BCUT2D eigenvalue weighted by Gasteiger charge is -2.26. The molecule has 1 N–H and O–H groups in total. The second-order valence-corrected chi connectivity index (χ2v) is 8.11. The summed E-state index contributed by atoms with van der Waals surface area (Å²) in [6.07, 6.45) is 3.19. The molecule has 0 radical (unpaired) electrons. The maximum absolute atomic E-state index is 12.4. The third-order valence-electron chi connectivity index (χ3n) is 4.45. The maximum atomic E-state index is 12.4. The minimum atomic E-state index is -0.0329. The molecule has 6 nitrogen and oxygen atoms in total. The number of carbonyl (C=O) groups excluding carboxylic acids is 1. The Labute approximate surface area is 147 Å². The van der Waals surface area contributed by atoms with E-state index in [-0.39, 0.29) is 11.5 Å². The summed E-state index contributed by atoms with van der Waals surface area (Å²) in [7, 11) is 0. The van der Waals surface area contributed by atoms with E-state index in [1.807, 2.05) is 4.90 Å². The van der Waals surface area contributed by atoms with Crippen LogP contribution >= 0.6 is 23.1 Å². The quantitative estimate of drug-likeness (QED) is 0.890. The standard InChI is InChI=1S/C16H19N3O3S2/c20-13(19-4-6-22-7-5-19)9-23-8-12-17-15(21)14-10-2-1-3-11(10)24-16(14)18-12/h1-9H2,(H,17,18,21). The number of amides is 1. The number of fused-ring (bicyclic) bond motifs is 3. The Morgan fingerprint density at radius 1 is 1.33 bits per heavy atom. The van der Waals surface area contributed by atoms with E-state index >= 15 is 0 Å². The fraction of sp³-hybridized carbons (Fsp3) is 0.562. The highest BCUT2D eigenvalue weighted by atomic mass is 32.2. The predicted molar refractivity (Wildman–Crippen MR) is 95.8 cm³/mol. The van der Waals surface area contributed by atoms with E-state index in [0.29, 0.717) is 43.6 Å². The molecule has 1 fully saturated rings. The van der Waals surface area contributed by atoms with E-state index in [1.54, 1.807) is 11.3 Å². The van der Waals surface area contributed by atoms with E-state index in [4.69, 9.17) is 4.74 Å². The smallest absolute Gasteiger partial charge is 0.259 e. The Hall–Kier alpha value is -1.38. The third kappa shape index (κ3) is 3.10. The zero-order chi connectivity index (χ0) is 16.5. The molecule has 2 aliphatic rings. The summed E-state index contributed by atoms with van der Waals surface area (Å²) in [5.41, 5.74) is 1.17. The molecule has 2 aromatic rings. The average Bonchev–Trinajstić information content (AvgIpc) is 3.16. The van der Waals surface area contributed by atoms with Crippen molar-refractivity contribution < 1.29 is 9.53 Å². The molecule has 3 heterocycles. The van der Waals surface area contributed by atoms with Crippen LogP contribution in [-0.2, 0) is 28.1 Å². The summed E-state index contributed by atoms with van der Waals surface area (Å²) in [6.45, 7) is 2.57. The lowest BCUT2D eigenvalue weighted by molar-refractivity contribution is -0.132. The molecule has 1 aliphatic heterocycles. The van der Waals surface area contributed by atoms with Gasteiger partial charge in [-0.2, -0.15) is 0 Å². The molecular formula is C16H19N3O3S2. The summed E-state index contributed by atoms with van der Waals surface area (Å²) < 4.78 is 5.25. The number of carbonyl (C=O) groups is 1. The maximum Gasteiger partial charge on any atom is 0.259 e. The highest BCUT2D eigenvalue weighted by Crippen LogP contribution is 2.34. The molecule has 2 aromatic heterocycles. The van der Waals surface area contributed by atoms with Crippen LogP contribution in [0.1, 0.15) is 22.7 Å². The number of rotatable bonds is 4. The summed E-state index contributed by atoms with van der Waals surface area (Å²) in [4.78, 5) is 36.0. The summed E-state index contributed by atoms with van der Waals surface area (Å²) in [5, 5.41) is 0.783. The fourth-order valence-electron chi connectivity index (χ4n) is 3.25. The lowest BCUT2D eigenvalue weighted by atomic mass is 10.2. The average molecular weight is 365 g/mol. The molecule has 0 saturated carbocycles. The number of thiophene rings is 1. The molecule has 0 aromatic carbocycles. The normalized spacial score (nSPS) is 17.4. The van der Waals surface area contributed by atoms with Crippen LogP contribution in [0, 0.1) is 0 Å². The highest BCUT2D eigenvalue weighted by molar-refractivity contribution is 7.99. The summed E-state index contributed by atoms with van der Waals surface area (Å²) >= 11 is 3.14. The van der Waals surface area contributed by atoms with Crippen LogP contribution in [0.25, 0.3) is 10.2 Å². The van der Waals surface area contributed by atoms with Gasteiger partial charge in [0.1, 0.15) is 10.7 Å². The first-order valence-electron chi connectivity index (χ1n) is 8.19. The minimum Gasteiger partial charge on any atom is -0.378 e. The van der Waals surface area contributed by atoms with E-state index in [1.165, 1.54) is 22.2 Å². The molecule has 1 aliphatic carbocycles. The van der Waals surface area contributed by atoms with Crippen LogP contribution in [-0.4, -0.2) is 52.8 Å².